The highest BCUT2D eigenvalue weighted by molar-refractivity contribution is 9.08. The van der Waals surface area contributed by atoms with Crippen molar-refractivity contribution in [2.75, 3.05) is 25.6 Å². The van der Waals surface area contributed by atoms with Crippen LogP contribution in [0.25, 0.3) is 45.0 Å². The molecular weight excluding hydrogens is 796 g/mol. The minimum Gasteiger partial charge on any atom is -0.359 e. The fourth-order valence-corrected chi connectivity index (χ4v) is 7.04. The van der Waals surface area contributed by atoms with Gasteiger partial charge >= 0.3 is 0 Å². The van der Waals surface area contributed by atoms with Crippen LogP contribution in [-0.2, 0) is 31.5 Å². The molecule has 5 heterocycles. The maximum Gasteiger partial charge on any atom is 0.247 e. The number of rotatable bonds is 9. The lowest BCUT2D eigenvalue weighted by Gasteiger charge is -2.25. The number of nitrogens with zero attached hydrogens (tertiary/aromatic N) is 7. The van der Waals surface area contributed by atoms with E-state index in [0.29, 0.717) is 68.4 Å². The van der Waals surface area contributed by atoms with Crippen molar-refractivity contribution < 1.29 is 34.7 Å². The van der Waals surface area contributed by atoms with Crippen LogP contribution in [-0.4, -0.2) is 77.6 Å². The van der Waals surface area contributed by atoms with Gasteiger partial charge in [-0.05, 0) is 86.6 Å². The van der Waals surface area contributed by atoms with Gasteiger partial charge in [-0.25, -0.2) is 45.6 Å². The molecule has 7 rings (SSSR count). The molecule has 0 spiro atoms. The van der Waals surface area contributed by atoms with Gasteiger partial charge in [0.05, 0.1) is 34.4 Å². The van der Waals surface area contributed by atoms with Gasteiger partial charge in [-0.1, -0.05) is 32.7 Å². The maximum absolute atomic E-state index is 13.4. The summed E-state index contributed by atoms with van der Waals surface area (Å²) in [6.45, 7) is 2.47. The molecule has 13 nitrogen and oxygen atoms in total. The number of likely N-dealkylation sites (tertiary alicyclic amines) is 1. The number of hydrogen-bond acceptors (Lipinski definition) is 13. The number of benzene rings is 2. The van der Waals surface area contributed by atoms with Gasteiger partial charge in [0, 0.05) is 36.0 Å². The van der Waals surface area contributed by atoms with E-state index in [0.717, 1.165) is 38.4 Å². The molecule has 53 heavy (non-hydrogen) atoms. The lowest BCUT2D eigenvalue weighted by molar-refractivity contribution is 0.197. The summed E-state index contributed by atoms with van der Waals surface area (Å²) in [6, 6.07) is 14.9. The van der Waals surface area contributed by atoms with Crippen molar-refractivity contribution in [1.29, 1.82) is 0 Å². The molecule has 0 aliphatic carbocycles. The second-order valence-corrected chi connectivity index (χ2v) is 16.5. The molecule has 0 atom stereocenters. The molecule has 4 aromatic heterocycles. The molecule has 1 aliphatic heterocycles. The lowest BCUT2D eigenvalue weighted by Crippen LogP contribution is -2.29. The van der Waals surface area contributed by atoms with E-state index in [1.54, 1.807) is 36.4 Å². The third-order valence-electron chi connectivity index (χ3n) is 8.14. The van der Waals surface area contributed by atoms with Crippen LogP contribution in [0.1, 0.15) is 30.8 Å². The summed E-state index contributed by atoms with van der Waals surface area (Å²) in [5.41, 5.74) is 4.14. The van der Waals surface area contributed by atoms with Crippen molar-refractivity contribution >= 4 is 35.6 Å². The summed E-state index contributed by atoms with van der Waals surface area (Å²) < 4.78 is 84.7. The van der Waals surface area contributed by atoms with Crippen LogP contribution in [0.2, 0.25) is 0 Å². The molecule has 18 heteroatoms. The Balaban J connectivity index is 0.000000185. The third-order valence-corrected chi connectivity index (χ3v) is 10.4. The largest absolute Gasteiger partial charge is 0.359 e. The minimum absolute atomic E-state index is 0.259. The first-order chi connectivity index (χ1) is 25.3. The molecule has 1 fully saturated rings. The summed E-state index contributed by atoms with van der Waals surface area (Å²) in [5, 5.41) is 8.05. The summed E-state index contributed by atoms with van der Waals surface area (Å²) in [5.74, 6) is 0.358. The molecule has 0 unspecified atom stereocenters. The maximum atomic E-state index is 13.4. The van der Waals surface area contributed by atoms with Gasteiger partial charge in [0.1, 0.15) is 23.0 Å². The van der Waals surface area contributed by atoms with Crippen LogP contribution in [0.4, 0.5) is 8.78 Å². The van der Waals surface area contributed by atoms with E-state index >= 15 is 0 Å². The SMILES string of the molecule is CS(=O)(=O)c1nccc(-c2c(-c3ccc(F)cc3)noc2CBr)n1.CS(=O)(=O)c1nccc(-c2c(-c3ccc(F)cc3)noc2CN2CCCCC2)n1. The van der Waals surface area contributed by atoms with E-state index in [1.807, 2.05) is 0 Å². The van der Waals surface area contributed by atoms with E-state index in [4.69, 9.17) is 9.05 Å². The van der Waals surface area contributed by atoms with E-state index in [-0.39, 0.29) is 21.9 Å². The van der Waals surface area contributed by atoms with Gasteiger partial charge in [0.25, 0.3) is 0 Å². The summed E-state index contributed by atoms with van der Waals surface area (Å²) in [7, 11) is -7.13. The molecule has 2 aromatic carbocycles. The molecule has 1 aliphatic rings. The fourth-order valence-electron chi connectivity index (χ4n) is 5.62. The number of hydrogen-bond donors (Lipinski definition) is 0. The Bertz CT molecular complexity index is 2440. The second-order valence-electron chi connectivity index (χ2n) is 12.1. The fraction of sp³-hybridized carbons (Fsp3) is 0.257. The highest BCUT2D eigenvalue weighted by Crippen LogP contribution is 2.36. The van der Waals surface area contributed by atoms with Gasteiger partial charge in [0.15, 0.2) is 11.5 Å². The quantitative estimate of drug-likeness (QED) is 0.113. The Labute approximate surface area is 312 Å². The Morgan fingerprint density at radius 1 is 0.660 bits per heavy atom. The Hall–Kier alpha value is -4.78. The molecule has 0 bridgehead atoms. The number of halogens is 3. The number of alkyl halides is 1. The topological polar surface area (TPSA) is 175 Å². The summed E-state index contributed by atoms with van der Waals surface area (Å²) in [6.07, 6.45) is 8.33. The van der Waals surface area contributed by atoms with Crippen molar-refractivity contribution in [2.24, 2.45) is 0 Å². The standard InChI is InChI=1S/C20H21FN4O3S.C15H11BrFN3O3S/c1-29(26,27)20-22-10-9-16(23-20)18-17(13-25-11-3-2-4-12-25)28-24-19(18)14-5-7-15(21)8-6-14;1-24(21,22)15-18-7-6-11(19-15)13-12(8-16)23-20-14(13)9-2-4-10(17)5-3-9/h5-10H,2-4,11-13H2,1H3;2-7H,8H2,1H3. The zero-order valence-electron chi connectivity index (χ0n) is 28.4. The molecule has 0 saturated carbocycles. The van der Waals surface area contributed by atoms with E-state index < -0.39 is 19.7 Å². The first kappa shape index (κ1) is 38.0. The van der Waals surface area contributed by atoms with E-state index in [9.17, 15) is 25.6 Å². The van der Waals surface area contributed by atoms with E-state index in [2.05, 4.69) is 51.1 Å². The van der Waals surface area contributed by atoms with Crippen LogP contribution >= 0.6 is 15.9 Å². The first-order valence-electron chi connectivity index (χ1n) is 16.2. The van der Waals surface area contributed by atoms with Gasteiger partial charge in [-0.15, -0.1) is 0 Å². The molecule has 6 aromatic rings. The van der Waals surface area contributed by atoms with Crippen molar-refractivity contribution in [2.45, 2.75) is 41.5 Å². The Morgan fingerprint density at radius 3 is 1.53 bits per heavy atom. The molecule has 0 N–H and O–H groups in total. The zero-order chi connectivity index (χ0) is 37.8. The summed E-state index contributed by atoms with van der Waals surface area (Å²) in [4.78, 5) is 18.3. The number of sulfone groups is 2. The highest BCUT2D eigenvalue weighted by Gasteiger charge is 2.25. The van der Waals surface area contributed by atoms with Gasteiger partial charge in [-0.3, -0.25) is 4.90 Å². The van der Waals surface area contributed by atoms with Crippen molar-refractivity contribution in [3.63, 3.8) is 0 Å². The lowest BCUT2D eigenvalue weighted by atomic mass is 10.0. The second kappa shape index (κ2) is 16.1. The van der Waals surface area contributed by atoms with E-state index in [1.165, 1.54) is 43.1 Å². The predicted molar refractivity (Wildman–Crippen MR) is 194 cm³/mol. The van der Waals surface area contributed by atoms with Gasteiger partial charge in [-0.2, -0.15) is 0 Å². The van der Waals surface area contributed by atoms with Crippen molar-refractivity contribution in [1.82, 2.24) is 35.1 Å². The molecule has 0 amide bonds. The monoisotopic (exact) mass is 827 g/mol. The van der Waals surface area contributed by atoms with Gasteiger partial charge in [0.2, 0.25) is 30.0 Å². The van der Waals surface area contributed by atoms with Crippen molar-refractivity contribution in [3.05, 3.63) is 96.2 Å². The van der Waals surface area contributed by atoms with Crippen LogP contribution in [0, 0.1) is 11.6 Å². The Morgan fingerprint density at radius 2 is 1.09 bits per heavy atom. The van der Waals surface area contributed by atoms with Gasteiger partial charge < -0.3 is 9.05 Å². The van der Waals surface area contributed by atoms with Crippen LogP contribution in [0.15, 0.2) is 92.4 Å². The highest BCUT2D eigenvalue weighted by atomic mass is 79.9. The average Bonchev–Trinajstić information content (AvgIpc) is 3.77. The van der Waals surface area contributed by atoms with Crippen molar-refractivity contribution in [3.8, 4) is 45.0 Å². The van der Waals surface area contributed by atoms with Crippen LogP contribution in [0.3, 0.4) is 0 Å². The third kappa shape index (κ3) is 9.06. The number of piperidine rings is 1. The molecule has 276 valence electrons. The smallest absolute Gasteiger partial charge is 0.247 e. The average molecular weight is 829 g/mol. The number of aromatic nitrogens is 6. The van der Waals surface area contributed by atoms with Crippen LogP contribution in [0.5, 0.6) is 0 Å². The molecule has 0 radical (unpaired) electrons. The first-order valence-corrected chi connectivity index (χ1v) is 21.1. The predicted octanol–water partition coefficient (Wildman–Crippen LogP) is 6.56. The van der Waals surface area contributed by atoms with Crippen LogP contribution < -0.4 is 0 Å². The Kier molecular flexibility index (Phi) is 11.5. The minimum atomic E-state index is -3.57. The molecule has 1 saturated heterocycles. The normalized spacial score (nSPS) is 13.8. The summed E-state index contributed by atoms with van der Waals surface area (Å²) >= 11 is 3.31. The molecular formula is C35H32BrF2N7O6S2. The zero-order valence-corrected chi connectivity index (χ0v) is 31.6.